The van der Waals surface area contributed by atoms with E-state index in [4.69, 9.17) is 9.15 Å². The average molecular weight is 383 g/mol. The van der Waals surface area contributed by atoms with Gasteiger partial charge in [-0.25, -0.2) is 0 Å². The summed E-state index contributed by atoms with van der Waals surface area (Å²) >= 11 is 1.21. The van der Waals surface area contributed by atoms with Crippen LogP contribution in [0.25, 0.3) is 11.5 Å². The molecule has 7 heteroatoms. The topological polar surface area (TPSA) is 77.2 Å². The summed E-state index contributed by atoms with van der Waals surface area (Å²) in [5.41, 5.74) is 2.95. The predicted molar refractivity (Wildman–Crippen MR) is 105 cm³/mol. The highest BCUT2D eigenvalue weighted by Crippen LogP contribution is 2.25. The minimum absolute atomic E-state index is 0.117. The number of carbonyl (C=O) groups is 1. The summed E-state index contributed by atoms with van der Waals surface area (Å²) in [7, 11) is 1.62. The molecule has 3 rings (SSSR count). The Morgan fingerprint density at radius 3 is 2.67 bits per heavy atom. The van der Waals surface area contributed by atoms with Gasteiger partial charge >= 0.3 is 0 Å². The number of carbonyl (C=O) groups excluding carboxylic acids is 1. The van der Waals surface area contributed by atoms with Crippen LogP contribution in [0.5, 0.6) is 5.75 Å². The molecule has 0 spiro atoms. The van der Waals surface area contributed by atoms with Crippen molar-refractivity contribution < 1.29 is 13.9 Å². The number of amides is 1. The fraction of sp³-hybridized carbons (Fsp3) is 0.250. The molecule has 0 aliphatic rings. The zero-order chi connectivity index (χ0) is 19.2. The molecule has 27 heavy (non-hydrogen) atoms. The molecule has 0 aliphatic carbocycles. The normalized spacial score (nSPS) is 11.8. The van der Waals surface area contributed by atoms with Gasteiger partial charge < -0.3 is 14.5 Å². The van der Waals surface area contributed by atoms with E-state index < -0.39 is 0 Å². The SMILES string of the molecule is COc1ccccc1C(C)NC(=O)CSc1nnc(-c2ccc(C)cc2)o1. The van der Waals surface area contributed by atoms with E-state index in [-0.39, 0.29) is 17.7 Å². The number of methoxy groups -OCH3 is 1. The smallest absolute Gasteiger partial charge is 0.277 e. The van der Waals surface area contributed by atoms with Gasteiger partial charge in [-0.05, 0) is 32.0 Å². The second-order valence-electron chi connectivity index (χ2n) is 6.06. The molecule has 1 amide bonds. The molecule has 0 saturated heterocycles. The molecular formula is C20H21N3O3S. The molecule has 6 nitrogen and oxygen atoms in total. The van der Waals surface area contributed by atoms with Crippen molar-refractivity contribution in [3.05, 3.63) is 59.7 Å². The Morgan fingerprint density at radius 1 is 1.19 bits per heavy atom. The highest BCUT2D eigenvalue weighted by Gasteiger charge is 2.15. The van der Waals surface area contributed by atoms with Crippen molar-refractivity contribution in [1.29, 1.82) is 0 Å². The number of ether oxygens (including phenoxy) is 1. The van der Waals surface area contributed by atoms with Crippen molar-refractivity contribution >= 4 is 17.7 Å². The van der Waals surface area contributed by atoms with E-state index in [1.807, 2.05) is 62.4 Å². The number of thioether (sulfide) groups is 1. The van der Waals surface area contributed by atoms with Crippen molar-refractivity contribution in [2.45, 2.75) is 25.1 Å². The molecule has 0 radical (unpaired) electrons. The van der Waals surface area contributed by atoms with Gasteiger partial charge in [-0.15, -0.1) is 10.2 Å². The van der Waals surface area contributed by atoms with Crippen LogP contribution in [0.15, 0.2) is 58.2 Å². The number of aryl methyl sites for hydroxylation is 1. The van der Waals surface area contributed by atoms with E-state index in [9.17, 15) is 4.79 Å². The van der Waals surface area contributed by atoms with E-state index in [2.05, 4.69) is 15.5 Å². The van der Waals surface area contributed by atoms with Crippen molar-refractivity contribution in [2.24, 2.45) is 0 Å². The van der Waals surface area contributed by atoms with Crippen LogP contribution < -0.4 is 10.1 Å². The van der Waals surface area contributed by atoms with Crippen molar-refractivity contribution in [1.82, 2.24) is 15.5 Å². The van der Waals surface area contributed by atoms with E-state index >= 15 is 0 Å². The Kier molecular flexibility index (Phi) is 6.13. The minimum atomic E-state index is -0.167. The Morgan fingerprint density at radius 2 is 1.93 bits per heavy atom. The van der Waals surface area contributed by atoms with E-state index in [1.165, 1.54) is 11.8 Å². The Bertz CT molecular complexity index is 909. The second kappa shape index (κ2) is 8.73. The van der Waals surface area contributed by atoms with Crippen LogP contribution in [-0.4, -0.2) is 29.0 Å². The summed E-state index contributed by atoms with van der Waals surface area (Å²) in [6, 6.07) is 15.3. The molecular weight excluding hydrogens is 362 g/mol. The third-order valence-electron chi connectivity index (χ3n) is 4.01. The Hall–Kier alpha value is -2.80. The van der Waals surface area contributed by atoms with Gasteiger partial charge in [0.05, 0.1) is 18.9 Å². The van der Waals surface area contributed by atoms with E-state index in [1.54, 1.807) is 7.11 Å². The zero-order valence-electron chi connectivity index (χ0n) is 15.4. The monoisotopic (exact) mass is 383 g/mol. The average Bonchev–Trinajstić information content (AvgIpc) is 3.16. The lowest BCUT2D eigenvalue weighted by molar-refractivity contribution is -0.119. The molecule has 1 unspecified atom stereocenters. The summed E-state index contributed by atoms with van der Waals surface area (Å²) in [4.78, 5) is 12.3. The van der Waals surface area contributed by atoms with Crippen LogP contribution >= 0.6 is 11.8 Å². The molecule has 1 atom stereocenters. The third-order valence-corrected chi connectivity index (χ3v) is 4.83. The maximum atomic E-state index is 12.3. The number of hydrogen-bond donors (Lipinski definition) is 1. The Labute approximate surface area is 162 Å². The summed E-state index contributed by atoms with van der Waals surface area (Å²) in [5, 5.41) is 11.4. The molecule has 1 N–H and O–H groups in total. The van der Waals surface area contributed by atoms with Crippen LogP contribution in [0.2, 0.25) is 0 Å². The fourth-order valence-corrected chi connectivity index (χ4v) is 3.17. The highest BCUT2D eigenvalue weighted by atomic mass is 32.2. The van der Waals surface area contributed by atoms with Crippen LogP contribution in [0.3, 0.4) is 0 Å². The van der Waals surface area contributed by atoms with Gasteiger partial charge in [0.15, 0.2) is 0 Å². The summed E-state index contributed by atoms with van der Waals surface area (Å²) in [6.07, 6.45) is 0. The first-order chi connectivity index (χ1) is 13.1. The number of benzene rings is 2. The van der Waals surface area contributed by atoms with Crippen molar-refractivity contribution in [2.75, 3.05) is 12.9 Å². The van der Waals surface area contributed by atoms with Gasteiger partial charge in [0.25, 0.3) is 5.22 Å². The molecule has 3 aromatic rings. The standard InChI is InChI=1S/C20H21N3O3S/c1-13-8-10-15(11-9-13)19-22-23-20(26-19)27-12-18(24)21-14(2)16-6-4-5-7-17(16)25-3/h4-11,14H,12H2,1-3H3,(H,21,24). The number of nitrogens with one attached hydrogen (secondary N) is 1. The van der Waals surface area contributed by atoms with Gasteiger partial charge in [0.1, 0.15) is 5.75 Å². The third kappa shape index (κ3) is 4.89. The van der Waals surface area contributed by atoms with Gasteiger partial charge in [-0.2, -0.15) is 0 Å². The zero-order valence-corrected chi connectivity index (χ0v) is 16.2. The number of nitrogens with zero attached hydrogens (tertiary/aromatic N) is 2. The summed E-state index contributed by atoms with van der Waals surface area (Å²) in [6.45, 7) is 3.94. The largest absolute Gasteiger partial charge is 0.496 e. The summed E-state index contributed by atoms with van der Waals surface area (Å²) < 4.78 is 11.0. The number of rotatable bonds is 7. The van der Waals surface area contributed by atoms with Crippen molar-refractivity contribution in [3.8, 4) is 17.2 Å². The molecule has 1 heterocycles. The quantitative estimate of drug-likeness (QED) is 0.621. The van der Waals surface area contributed by atoms with Crippen molar-refractivity contribution in [3.63, 3.8) is 0 Å². The molecule has 140 valence electrons. The van der Waals surface area contributed by atoms with Gasteiger partial charge in [0.2, 0.25) is 11.8 Å². The van der Waals surface area contributed by atoms with Crippen LogP contribution in [-0.2, 0) is 4.79 Å². The molecule has 0 saturated carbocycles. The highest BCUT2D eigenvalue weighted by molar-refractivity contribution is 7.99. The fourth-order valence-electron chi connectivity index (χ4n) is 2.59. The molecule has 1 aromatic heterocycles. The number of aromatic nitrogens is 2. The van der Waals surface area contributed by atoms with Crippen LogP contribution in [0, 0.1) is 6.92 Å². The van der Waals surface area contributed by atoms with E-state index in [0.717, 1.165) is 22.4 Å². The molecule has 0 fully saturated rings. The van der Waals surface area contributed by atoms with Gasteiger partial charge in [-0.3, -0.25) is 4.79 Å². The number of para-hydroxylation sites is 1. The lowest BCUT2D eigenvalue weighted by atomic mass is 10.1. The molecule has 0 bridgehead atoms. The Balaban J connectivity index is 1.56. The van der Waals surface area contributed by atoms with E-state index in [0.29, 0.717) is 11.1 Å². The maximum absolute atomic E-state index is 12.3. The number of hydrogen-bond acceptors (Lipinski definition) is 6. The first kappa shape index (κ1) is 19.0. The first-order valence-corrected chi connectivity index (χ1v) is 9.51. The van der Waals surface area contributed by atoms with Gasteiger partial charge in [0, 0.05) is 11.1 Å². The maximum Gasteiger partial charge on any atom is 0.277 e. The minimum Gasteiger partial charge on any atom is -0.496 e. The summed E-state index contributed by atoms with van der Waals surface area (Å²) in [5.74, 6) is 1.26. The lowest BCUT2D eigenvalue weighted by Gasteiger charge is -2.16. The van der Waals surface area contributed by atoms with Gasteiger partial charge in [-0.1, -0.05) is 47.7 Å². The second-order valence-corrected chi connectivity index (χ2v) is 6.99. The first-order valence-electron chi connectivity index (χ1n) is 8.52. The predicted octanol–water partition coefficient (Wildman–Crippen LogP) is 4.02. The molecule has 2 aromatic carbocycles. The van der Waals surface area contributed by atoms with Crippen LogP contribution in [0.4, 0.5) is 0 Å². The molecule has 0 aliphatic heterocycles. The lowest BCUT2D eigenvalue weighted by Crippen LogP contribution is -2.28. The van der Waals surface area contributed by atoms with Crippen LogP contribution in [0.1, 0.15) is 24.1 Å².